The Balaban J connectivity index is 0.00000363. The lowest BCUT2D eigenvalue weighted by Gasteiger charge is -2.25. The Hall–Kier alpha value is -2.36. The first-order valence-corrected chi connectivity index (χ1v) is 10.6. The number of anilines is 1. The summed E-state index contributed by atoms with van der Waals surface area (Å²) >= 11 is 0. The van der Waals surface area contributed by atoms with Crippen molar-refractivity contribution in [2.75, 3.05) is 60.0 Å². The second kappa shape index (κ2) is 12.6. The minimum Gasteiger partial charge on any atom is -0.497 e. The molecular formula is C24H35IN4O3. The molecule has 1 aliphatic rings. The smallest absolute Gasteiger partial charge is 0.193 e. The van der Waals surface area contributed by atoms with Gasteiger partial charge in [-0.25, -0.2) is 0 Å². The monoisotopic (exact) mass is 554 g/mol. The van der Waals surface area contributed by atoms with Crippen LogP contribution in [0, 0.1) is 5.92 Å². The highest BCUT2D eigenvalue weighted by Crippen LogP contribution is 2.31. The fourth-order valence-corrected chi connectivity index (χ4v) is 4.04. The van der Waals surface area contributed by atoms with Crippen LogP contribution in [0.5, 0.6) is 17.2 Å². The number of aliphatic imine (C=N–C) groups is 1. The van der Waals surface area contributed by atoms with Gasteiger partial charge in [-0.1, -0.05) is 12.1 Å². The van der Waals surface area contributed by atoms with Gasteiger partial charge in [0.05, 0.1) is 27.0 Å². The molecule has 176 valence electrons. The molecule has 0 amide bonds. The van der Waals surface area contributed by atoms with Crippen molar-refractivity contribution in [3.05, 3.63) is 48.0 Å². The van der Waals surface area contributed by atoms with Crippen molar-refractivity contribution in [3.63, 3.8) is 0 Å². The molecule has 1 saturated heterocycles. The molecule has 32 heavy (non-hydrogen) atoms. The molecule has 0 saturated carbocycles. The van der Waals surface area contributed by atoms with Crippen LogP contribution in [0.1, 0.15) is 12.0 Å². The number of nitrogens with one attached hydrogen (secondary N) is 1. The Kier molecular flexibility index (Phi) is 10.2. The van der Waals surface area contributed by atoms with Gasteiger partial charge >= 0.3 is 0 Å². The topological polar surface area (TPSA) is 58.6 Å². The highest BCUT2D eigenvalue weighted by molar-refractivity contribution is 14.0. The van der Waals surface area contributed by atoms with Gasteiger partial charge in [-0.2, -0.15) is 0 Å². The molecular weight excluding hydrogens is 519 g/mol. The molecule has 1 unspecified atom stereocenters. The highest BCUT2D eigenvalue weighted by Gasteiger charge is 2.25. The fraction of sp³-hybridized carbons (Fsp3) is 0.458. The molecule has 1 N–H and O–H groups in total. The van der Waals surface area contributed by atoms with Crippen LogP contribution in [-0.2, 0) is 6.54 Å². The highest BCUT2D eigenvalue weighted by atomic mass is 127. The zero-order chi connectivity index (χ0) is 22.2. The number of rotatable bonds is 8. The van der Waals surface area contributed by atoms with Crippen LogP contribution < -0.4 is 24.4 Å². The Labute approximate surface area is 208 Å². The number of benzene rings is 2. The van der Waals surface area contributed by atoms with Crippen LogP contribution in [0.3, 0.4) is 0 Å². The Morgan fingerprint density at radius 1 is 1.09 bits per heavy atom. The van der Waals surface area contributed by atoms with E-state index in [0.29, 0.717) is 12.5 Å². The van der Waals surface area contributed by atoms with Crippen LogP contribution in [-0.4, -0.2) is 65.9 Å². The lowest BCUT2D eigenvalue weighted by molar-refractivity contribution is 0.382. The van der Waals surface area contributed by atoms with E-state index in [-0.39, 0.29) is 24.0 Å². The van der Waals surface area contributed by atoms with Gasteiger partial charge in [0.1, 0.15) is 17.2 Å². The summed E-state index contributed by atoms with van der Waals surface area (Å²) in [5, 5.41) is 3.54. The van der Waals surface area contributed by atoms with Crippen LogP contribution in [0.25, 0.3) is 0 Å². The van der Waals surface area contributed by atoms with E-state index in [1.165, 1.54) is 5.69 Å². The van der Waals surface area contributed by atoms with Crippen molar-refractivity contribution < 1.29 is 14.2 Å². The number of hydrogen-bond donors (Lipinski definition) is 1. The van der Waals surface area contributed by atoms with Gasteiger partial charge < -0.3 is 29.3 Å². The molecule has 7 nitrogen and oxygen atoms in total. The van der Waals surface area contributed by atoms with Gasteiger partial charge in [0, 0.05) is 51.9 Å². The van der Waals surface area contributed by atoms with Gasteiger partial charge in [-0.3, -0.25) is 4.99 Å². The number of para-hydroxylation sites is 2. The maximum atomic E-state index is 5.53. The van der Waals surface area contributed by atoms with E-state index in [0.717, 1.165) is 54.8 Å². The third-order valence-electron chi connectivity index (χ3n) is 5.74. The number of halogens is 1. The molecule has 0 aromatic heterocycles. The molecule has 1 fully saturated rings. The van der Waals surface area contributed by atoms with Crippen LogP contribution >= 0.6 is 24.0 Å². The standard InChI is InChI=1S/C24H34N4O3.HI/c1-25-24(27(2)17-19-10-11-20(29-3)14-23(19)31-5)26-15-18-12-13-28(16-18)21-8-6-7-9-22(21)30-4;/h6-11,14,18H,12-13,15-17H2,1-5H3,(H,25,26);1H. The van der Waals surface area contributed by atoms with E-state index >= 15 is 0 Å². The number of hydrogen-bond acceptors (Lipinski definition) is 5. The Morgan fingerprint density at radius 3 is 2.53 bits per heavy atom. The zero-order valence-electron chi connectivity index (χ0n) is 19.6. The lowest BCUT2D eigenvalue weighted by Crippen LogP contribution is -2.41. The molecule has 0 bridgehead atoms. The number of methoxy groups -OCH3 is 3. The summed E-state index contributed by atoms with van der Waals surface area (Å²) in [6.45, 7) is 3.60. The second-order valence-corrected chi connectivity index (χ2v) is 7.73. The third kappa shape index (κ3) is 6.34. The van der Waals surface area contributed by atoms with Gasteiger partial charge in [-0.15, -0.1) is 24.0 Å². The summed E-state index contributed by atoms with van der Waals surface area (Å²) in [6.07, 6.45) is 1.14. The summed E-state index contributed by atoms with van der Waals surface area (Å²) in [5.74, 6) is 3.94. The Bertz CT molecular complexity index is 893. The van der Waals surface area contributed by atoms with E-state index in [1.54, 1.807) is 21.3 Å². The molecule has 1 heterocycles. The molecule has 2 aromatic rings. The van der Waals surface area contributed by atoms with Crippen molar-refractivity contribution in [2.24, 2.45) is 10.9 Å². The minimum atomic E-state index is 0. The number of guanidine groups is 1. The average molecular weight is 554 g/mol. The number of nitrogens with zero attached hydrogens (tertiary/aromatic N) is 3. The third-order valence-corrected chi connectivity index (χ3v) is 5.74. The quantitative estimate of drug-likeness (QED) is 0.304. The predicted octanol–water partition coefficient (Wildman–Crippen LogP) is 3.86. The van der Waals surface area contributed by atoms with Gasteiger partial charge in [0.2, 0.25) is 0 Å². The lowest BCUT2D eigenvalue weighted by atomic mass is 10.1. The van der Waals surface area contributed by atoms with E-state index in [4.69, 9.17) is 14.2 Å². The van der Waals surface area contributed by atoms with Gasteiger partial charge in [-0.05, 0) is 36.6 Å². The van der Waals surface area contributed by atoms with E-state index < -0.39 is 0 Å². The van der Waals surface area contributed by atoms with Crippen molar-refractivity contribution in [2.45, 2.75) is 13.0 Å². The average Bonchev–Trinajstić information content (AvgIpc) is 3.28. The minimum absolute atomic E-state index is 0. The van der Waals surface area contributed by atoms with Crippen molar-refractivity contribution in [1.29, 1.82) is 0 Å². The summed E-state index contributed by atoms with van der Waals surface area (Å²) in [7, 11) is 8.92. The first kappa shape index (κ1) is 25.9. The molecule has 1 aliphatic heterocycles. The SMILES string of the molecule is CN=C(NCC1CCN(c2ccccc2OC)C1)N(C)Cc1ccc(OC)cc1OC.I. The maximum Gasteiger partial charge on any atom is 0.193 e. The summed E-state index contributed by atoms with van der Waals surface area (Å²) in [4.78, 5) is 8.98. The van der Waals surface area contributed by atoms with Gasteiger partial charge in [0.15, 0.2) is 5.96 Å². The molecule has 0 aliphatic carbocycles. The van der Waals surface area contributed by atoms with Crippen molar-refractivity contribution in [3.8, 4) is 17.2 Å². The molecule has 0 spiro atoms. The molecule has 1 atom stereocenters. The predicted molar refractivity (Wildman–Crippen MR) is 141 cm³/mol. The van der Waals surface area contributed by atoms with Gasteiger partial charge in [0.25, 0.3) is 0 Å². The summed E-state index contributed by atoms with van der Waals surface area (Å²) in [5.41, 5.74) is 2.25. The fourth-order valence-electron chi connectivity index (χ4n) is 4.04. The summed E-state index contributed by atoms with van der Waals surface area (Å²) < 4.78 is 16.4. The largest absolute Gasteiger partial charge is 0.497 e. The molecule has 8 heteroatoms. The van der Waals surface area contributed by atoms with Crippen LogP contribution in [0.2, 0.25) is 0 Å². The van der Waals surface area contributed by atoms with Crippen molar-refractivity contribution in [1.82, 2.24) is 10.2 Å². The molecule has 3 rings (SSSR count). The van der Waals surface area contributed by atoms with Crippen LogP contribution in [0.4, 0.5) is 5.69 Å². The summed E-state index contributed by atoms with van der Waals surface area (Å²) in [6, 6.07) is 14.1. The zero-order valence-corrected chi connectivity index (χ0v) is 22.0. The van der Waals surface area contributed by atoms with Crippen LogP contribution in [0.15, 0.2) is 47.5 Å². The first-order chi connectivity index (χ1) is 15.1. The second-order valence-electron chi connectivity index (χ2n) is 7.73. The van der Waals surface area contributed by atoms with Crippen molar-refractivity contribution >= 4 is 35.6 Å². The maximum absolute atomic E-state index is 5.53. The Morgan fingerprint density at radius 2 is 1.84 bits per heavy atom. The van der Waals surface area contributed by atoms with E-state index in [2.05, 4.69) is 32.2 Å². The normalized spacial score (nSPS) is 15.7. The van der Waals surface area contributed by atoms with E-state index in [9.17, 15) is 0 Å². The first-order valence-electron chi connectivity index (χ1n) is 10.6. The van der Waals surface area contributed by atoms with E-state index in [1.807, 2.05) is 44.4 Å². The molecule has 0 radical (unpaired) electrons. The number of ether oxygens (including phenoxy) is 3. The molecule has 2 aromatic carbocycles.